The molecule has 0 radical (unpaired) electrons. The number of alkyl halides is 3. The third-order valence-corrected chi connectivity index (χ3v) is 3.52. The lowest BCUT2D eigenvalue weighted by molar-refractivity contribution is -0.0585. The van der Waals surface area contributed by atoms with Crippen LogP contribution in [-0.2, 0) is 10.0 Å². The fourth-order valence-corrected chi connectivity index (χ4v) is 2.56. The Balaban J connectivity index is 2.63. The molecule has 1 N–H and O–H groups in total. The Kier molecular flexibility index (Phi) is 2.58. The summed E-state index contributed by atoms with van der Waals surface area (Å²) in [7, 11) is -4.34. The first-order chi connectivity index (χ1) is 7.70. The summed E-state index contributed by atoms with van der Waals surface area (Å²) in [5, 5.41) is 2.01. The van der Waals surface area contributed by atoms with Gasteiger partial charge in [0.1, 0.15) is 4.90 Å². The number of amidine groups is 1. The van der Waals surface area contributed by atoms with E-state index in [4.69, 9.17) is 11.6 Å². The van der Waals surface area contributed by atoms with E-state index < -0.39 is 22.0 Å². The summed E-state index contributed by atoms with van der Waals surface area (Å²) in [4.78, 5) is -0.338. The van der Waals surface area contributed by atoms with Crippen molar-refractivity contribution < 1.29 is 21.6 Å². The molecule has 0 fully saturated rings. The fraction of sp³-hybridized carbons (Fsp3) is 0.125. The summed E-state index contributed by atoms with van der Waals surface area (Å²) in [6, 6.07) is 3.44. The molecular formula is C8H4ClF3N2O2S. The molecule has 92 valence electrons. The molecule has 1 aromatic carbocycles. The van der Waals surface area contributed by atoms with Crippen molar-refractivity contribution in [2.45, 2.75) is 11.1 Å². The molecule has 1 aliphatic heterocycles. The topological polar surface area (TPSA) is 58.5 Å². The summed E-state index contributed by atoms with van der Waals surface area (Å²) < 4.78 is 62.8. The van der Waals surface area contributed by atoms with Crippen LogP contribution in [0.1, 0.15) is 0 Å². The maximum absolute atomic E-state index is 12.4. The maximum Gasteiger partial charge on any atom is 0.450 e. The van der Waals surface area contributed by atoms with Crippen LogP contribution in [0.5, 0.6) is 0 Å². The molecule has 0 spiro atoms. The van der Waals surface area contributed by atoms with E-state index in [9.17, 15) is 21.6 Å². The monoisotopic (exact) mass is 284 g/mol. The van der Waals surface area contributed by atoms with E-state index >= 15 is 0 Å². The molecule has 1 aromatic rings. The first kappa shape index (κ1) is 12.2. The van der Waals surface area contributed by atoms with Gasteiger partial charge in [-0.3, -0.25) is 0 Å². The van der Waals surface area contributed by atoms with Gasteiger partial charge in [-0.25, -0.2) is 0 Å². The molecule has 2 rings (SSSR count). The minimum Gasteiger partial charge on any atom is -0.334 e. The third kappa shape index (κ3) is 2.22. The number of hydrogen-bond donors (Lipinski definition) is 1. The van der Waals surface area contributed by atoms with Crippen molar-refractivity contribution >= 4 is 33.1 Å². The highest BCUT2D eigenvalue weighted by Crippen LogP contribution is 2.33. The largest absolute Gasteiger partial charge is 0.450 e. The van der Waals surface area contributed by atoms with Gasteiger partial charge in [0.2, 0.25) is 5.84 Å². The van der Waals surface area contributed by atoms with Gasteiger partial charge < -0.3 is 5.32 Å². The number of anilines is 1. The molecule has 0 saturated carbocycles. The van der Waals surface area contributed by atoms with E-state index in [2.05, 4.69) is 4.40 Å². The molecule has 0 bridgehead atoms. The van der Waals surface area contributed by atoms with E-state index in [1.165, 1.54) is 6.07 Å². The van der Waals surface area contributed by atoms with Gasteiger partial charge in [-0.2, -0.15) is 21.6 Å². The Morgan fingerprint density at radius 3 is 2.53 bits per heavy atom. The average Bonchev–Trinajstić information content (AvgIpc) is 2.13. The van der Waals surface area contributed by atoms with Gasteiger partial charge >= 0.3 is 6.18 Å². The van der Waals surface area contributed by atoms with Crippen LogP contribution in [0, 0.1) is 0 Å². The number of nitrogens with one attached hydrogen (secondary N) is 1. The van der Waals surface area contributed by atoms with Crippen molar-refractivity contribution in [3.8, 4) is 0 Å². The molecule has 0 saturated heterocycles. The van der Waals surface area contributed by atoms with E-state index in [1.807, 2.05) is 5.32 Å². The highest BCUT2D eigenvalue weighted by atomic mass is 35.5. The van der Waals surface area contributed by atoms with Crippen molar-refractivity contribution in [1.29, 1.82) is 0 Å². The average molecular weight is 285 g/mol. The highest BCUT2D eigenvalue weighted by Gasteiger charge is 2.41. The quantitative estimate of drug-likeness (QED) is 0.796. The number of nitrogens with zero attached hydrogens (tertiary/aromatic N) is 1. The molecule has 17 heavy (non-hydrogen) atoms. The Morgan fingerprint density at radius 1 is 1.29 bits per heavy atom. The lowest BCUT2D eigenvalue weighted by Gasteiger charge is -2.19. The summed E-state index contributed by atoms with van der Waals surface area (Å²) >= 11 is 5.58. The van der Waals surface area contributed by atoms with Crippen LogP contribution >= 0.6 is 11.6 Å². The normalized spacial score (nSPS) is 18.0. The summed E-state index contributed by atoms with van der Waals surface area (Å²) in [5.41, 5.74) is -0.236. The first-order valence-corrected chi connectivity index (χ1v) is 6.01. The molecule has 4 nitrogen and oxygen atoms in total. The van der Waals surface area contributed by atoms with Crippen molar-refractivity contribution in [1.82, 2.24) is 0 Å². The zero-order valence-corrected chi connectivity index (χ0v) is 9.49. The predicted octanol–water partition coefficient (Wildman–Crippen LogP) is 2.42. The Bertz CT molecular complexity index is 610. The summed E-state index contributed by atoms with van der Waals surface area (Å²) in [6.45, 7) is 0. The summed E-state index contributed by atoms with van der Waals surface area (Å²) in [5.74, 6) is -1.58. The van der Waals surface area contributed by atoms with Gasteiger partial charge in [0.15, 0.2) is 0 Å². The Labute approximate surface area is 99.2 Å². The minimum atomic E-state index is -4.87. The van der Waals surface area contributed by atoms with Gasteiger partial charge in [-0.1, -0.05) is 11.6 Å². The van der Waals surface area contributed by atoms with Gasteiger partial charge in [-0.15, -0.1) is 4.40 Å². The van der Waals surface area contributed by atoms with Crippen LogP contribution in [0.25, 0.3) is 0 Å². The lowest BCUT2D eigenvalue weighted by atomic mass is 10.3. The molecule has 0 aliphatic carbocycles. The summed E-state index contributed by atoms with van der Waals surface area (Å²) in [6.07, 6.45) is -4.87. The SMILES string of the molecule is O=S1(=O)N=C(C(F)(F)F)Nc2cc(Cl)ccc21. The lowest BCUT2D eigenvalue weighted by Crippen LogP contribution is -2.34. The standard InChI is InChI=1S/C8H4ClF3N2O2S/c9-4-1-2-6-5(3-4)13-7(8(10,11)12)14-17(6,15)16/h1-3H,(H,13,14). The van der Waals surface area contributed by atoms with E-state index in [0.717, 1.165) is 12.1 Å². The van der Waals surface area contributed by atoms with E-state index in [-0.39, 0.29) is 15.6 Å². The van der Waals surface area contributed by atoms with Gasteiger partial charge in [0.05, 0.1) is 5.69 Å². The van der Waals surface area contributed by atoms with E-state index in [1.54, 1.807) is 0 Å². The van der Waals surface area contributed by atoms with Crippen molar-refractivity contribution in [3.63, 3.8) is 0 Å². The smallest absolute Gasteiger partial charge is 0.334 e. The number of rotatable bonds is 0. The molecule has 0 aromatic heterocycles. The second-order valence-electron chi connectivity index (χ2n) is 3.18. The second kappa shape index (κ2) is 3.61. The molecule has 0 amide bonds. The highest BCUT2D eigenvalue weighted by molar-refractivity contribution is 7.90. The van der Waals surface area contributed by atoms with Crippen molar-refractivity contribution in [2.75, 3.05) is 5.32 Å². The number of halogens is 4. The molecule has 0 atom stereocenters. The molecular weight excluding hydrogens is 281 g/mol. The van der Waals surface area contributed by atoms with Gasteiger partial charge in [0.25, 0.3) is 10.0 Å². The van der Waals surface area contributed by atoms with Crippen molar-refractivity contribution in [3.05, 3.63) is 23.2 Å². The van der Waals surface area contributed by atoms with Crippen LogP contribution in [0.4, 0.5) is 18.9 Å². The molecule has 1 heterocycles. The number of sulfonamides is 1. The third-order valence-electron chi connectivity index (χ3n) is 1.95. The molecule has 0 unspecified atom stereocenters. The number of benzene rings is 1. The maximum atomic E-state index is 12.4. The fourth-order valence-electron chi connectivity index (χ4n) is 1.27. The van der Waals surface area contributed by atoms with E-state index in [0.29, 0.717) is 0 Å². The zero-order valence-electron chi connectivity index (χ0n) is 7.92. The zero-order chi connectivity index (χ0) is 12.8. The van der Waals surface area contributed by atoms with Crippen LogP contribution < -0.4 is 5.32 Å². The number of hydrogen-bond acceptors (Lipinski definition) is 3. The Morgan fingerprint density at radius 2 is 1.94 bits per heavy atom. The minimum absolute atomic E-state index is 0.120. The van der Waals surface area contributed by atoms with Crippen LogP contribution in [0.2, 0.25) is 5.02 Å². The van der Waals surface area contributed by atoms with Crippen LogP contribution in [-0.4, -0.2) is 20.4 Å². The Hall–Kier alpha value is -1.28. The molecule has 1 aliphatic rings. The van der Waals surface area contributed by atoms with Gasteiger partial charge in [-0.05, 0) is 18.2 Å². The first-order valence-electron chi connectivity index (χ1n) is 4.19. The molecule has 9 heteroatoms. The predicted molar refractivity (Wildman–Crippen MR) is 55.8 cm³/mol. The van der Waals surface area contributed by atoms with Crippen LogP contribution in [0.3, 0.4) is 0 Å². The van der Waals surface area contributed by atoms with Crippen LogP contribution in [0.15, 0.2) is 27.5 Å². The van der Waals surface area contributed by atoms with Gasteiger partial charge in [0, 0.05) is 5.02 Å². The second-order valence-corrected chi connectivity index (χ2v) is 5.19. The number of fused-ring (bicyclic) bond motifs is 1. The van der Waals surface area contributed by atoms with Crippen molar-refractivity contribution in [2.24, 2.45) is 4.40 Å².